The largest absolute Gasteiger partial charge is 0.466 e. The lowest BCUT2D eigenvalue weighted by Gasteiger charge is -2.22. The molecule has 0 aliphatic carbocycles. The van der Waals surface area contributed by atoms with Crippen molar-refractivity contribution in [3.63, 3.8) is 0 Å². The fraction of sp³-hybridized carbons (Fsp3) is 0.908. The molecule has 2 atom stereocenters. The van der Waals surface area contributed by atoms with Crippen molar-refractivity contribution in [2.75, 3.05) is 13.2 Å². The second-order valence-corrected chi connectivity index (χ2v) is 22.1. The number of aliphatic hydroxyl groups is 2. The topological polar surface area (TPSA) is 95.9 Å². The van der Waals surface area contributed by atoms with Gasteiger partial charge in [-0.2, -0.15) is 0 Å². The molecule has 0 aliphatic heterocycles. The van der Waals surface area contributed by atoms with Gasteiger partial charge in [0.05, 0.1) is 25.4 Å². The van der Waals surface area contributed by atoms with E-state index in [0.29, 0.717) is 25.9 Å². The van der Waals surface area contributed by atoms with E-state index in [-0.39, 0.29) is 18.5 Å². The number of ether oxygens (including phenoxy) is 1. The third-order valence-electron chi connectivity index (χ3n) is 15.0. The normalized spacial score (nSPS) is 12.7. The van der Waals surface area contributed by atoms with Gasteiger partial charge in [-0.1, -0.05) is 289 Å². The van der Waals surface area contributed by atoms with Crippen LogP contribution in [-0.2, 0) is 14.3 Å². The van der Waals surface area contributed by atoms with Gasteiger partial charge in [-0.05, 0) is 77.0 Å². The van der Waals surface area contributed by atoms with Gasteiger partial charge in [0.25, 0.3) is 0 Å². The quantitative estimate of drug-likeness (QED) is 0.0320. The van der Waals surface area contributed by atoms with Crippen LogP contribution in [0, 0.1) is 0 Å². The maximum absolute atomic E-state index is 12.5. The Balaban J connectivity index is 3.39. The lowest BCUT2D eigenvalue weighted by atomic mass is 10.0. The predicted octanol–water partition coefficient (Wildman–Crippen LogP) is 20.2. The molecule has 0 saturated heterocycles. The van der Waals surface area contributed by atoms with E-state index < -0.39 is 12.1 Å². The van der Waals surface area contributed by atoms with Crippen molar-refractivity contribution in [3.05, 3.63) is 24.3 Å². The Hall–Kier alpha value is -1.66. The zero-order valence-corrected chi connectivity index (χ0v) is 48.0. The second-order valence-electron chi connectivity index (χ2n) is 22.1. The van der Waals surface area contributed by atoms with Crippen LogP contribution in [-0.4, -0.2) is 47.4 Å². The highest BCUT2D eigenvalue weighted by molar-refractivity contribution is 5.76. The lowest BCUT2D eigenvalue weighted by molar-refractivity contribution is -0.143. The molecule has 0 aromatic heterocycles. The molecule has 1 amide bonds. The molecule has 6 heteroatoms. The maximum atomic E-state index is 12.5. The molecule has 420 valence electrons. The Morgan fingerprint density at radius 3 is 1.00 bits per heavy atom. The van der Waals surface area contributed by atoms with Gasteiger partial charge in [0.1, 0.15) is 0 Å². The van der Waals surface area contributed by atoms with Crippen molar-refractivity contribution in [2.24, 2.45) is 0 Å². The molecule has 3 N–H and O–H groups in total. The van der Waals surface area contributed by atoms with E-state index in [0.717, 1.165) is 44.9 Å². The zero-order valence-electron chi connectivity index (χ0n) is 48.0. The Morgan fingerprint density at radius 2 is 0.662 bits per heavy atom. The van der Waals surface area contributed by atoms with Crippen LogP contribution in [0.1, 0.15) is 354 Å². The van der Waals surface area contributed by atoms with Crippen molar-refractivity contribution >= 4 is 11.9 Å². The van der Waals surface area contributed by atoms with Crippen LogP contribution in [0.3, 0.4) is 0 Å². The van der Waals surface area contributed by atoms with Gasteiger partial charge in [-0.25, -0.2) is 0 Å². The SMILES string of the molecule is CCCCCCC/C=C\CCCCCCCC(=O)OCCCCCCCCCCCCCC/C=C\CCCCCCCCCCCC(=O)NC(CO)C(O)CCCCCCCCCCCCCCCCC. The van der Waals surface area contributed by atoms with Gasteiger partial charge in [-0.15, -0.1) is 0 Å². The number of hydrogen-bond donors (Lipinski definition) is 3. The van der Waals surface area contributed by atoms with E-state index in [1.807, 2.05) is 0 Å². The maximum Gasteiger partial charge on any atom is 0.305 e. The summed E-state index contributed by atoms with van der Waals surface area (Å²) in [4.78, 5) is 24.5. The second kappa shape index (κ2) is 60.9. The van der Waals surface area contributed by atoms with E-state index in [2.05, 4.69) is 43.5 Å². The van der Waals surface area contributed by atoms with Crippen LogP contribution < -0.4 is 5.32 Å². The smallest absolute Gasteiger partial charge is 0.305 e. The van der Waals surface area contributed by atoms with Crippen LogP contribution in [0.4, 0.5) is 0 Å². The van der Waals surface area contributed by atoms with E-state index in [1.165, 1.54) is 276 Å². The van der Waals surface area contributed by atoms with Gasteiger partial charge < -0.3 is 20.3 Å². The van der Waals surface area contributed by atoms with Crippen molar-refractivity contribution in [1.82, 2.24) is 5.32 Å². The number of amides is 1. The lowest BCUT2D eigenvalue weighted by Crippen LogP contribution is -2.45. The van der Waals surface area contributed by atoms with Crippen molar-refractivity contribution in [3.8, 4) is 0 Å². The molecule has 0 heterocycles. The molecule has 71 heavy (non-hydrogen) atoms. The summed E-state index contributed by atoms with van der Waals surface area (Å²) >= 11 is 0. The summed E-state index contributed by atoms with van der Waals surface area (Å²) in [6.07, 6.45) is 74.8. The van der Waals surface area contributed by atoms with Gasteiger partial charge in [0.15, 0.2) is 0 Å². The average Bonchev–Trinajstić information content (AvgIpc) is 3.37. The number of unbranched alkanes of at least 4 members (excludes halogenated alkanes) is 45. The van der Waals surface area contributed by atoms with Crippen LogP contribution >= 0.6 is 0 Å². The highest BCUT2D eigenvalue weighted by Gasteiger charge is 2.20. The first-order valence-corrected chi connectivity index (χ1v) is 32.1. The van der Waals surface area contributed by atoms with Crippen LogP contribution in [0.15, 0.2) is 24.3 Å². The summed E-state index contributed by atoms with van der Waals surface area (Å²) in [6.45, 7) is 4.96. The number of hydrogen-bond acceptors (Lipinski definition) is 5. The molecule has 0 fully saturated rings. The molecule has 6 nitrogen and oxygen atoms in total. The number of allylic oxidation sites excluding steroid dienone is 4. The average molecular weight is 1000 g/mol. The van der Waals surface area contributed by atoms with Crippen LogP contribution in [0.25, 0.3) is 0 Å². The molecular formula is C65H125NO5. The Kier molecular flexibility index (Phi) is 59.5. The molecule has 0 aliphatic rings. The molecule has 0 aromatic rings. The Morgan fingerprint density at radius 1 is 0.380 bits per heavy atom. The highest BCUT2D eigenvalue weighted by atomic mass is 16.5. The van der Waals surface area contributed by atoms with E-state index in [4.69, 9.17) is 4.74 Å². The standard InChI is InChI=1S/C65H125NO5/c1-3-5-7-9-11-13-15-17-30-33-37-41-45-49-53-57-63(68)62(61-67)66-64(69)58-54-50-46-42-38-34-31-28-26-24-22-20-19-21-23-25-27-29-32-36-40-44-48-52-56-60-71-65(70)59-55-51-47-43-39-35-18-16-14-12-10-8-6-4-2/h16,18,20,22,62-63,67-68H,3-15,17,19,21,23-61H2,1-2H3,(H,66,69)/b18-16-,22-20-. The molecule has 0 saturated carbocycles. The summed E-state index contributed by atoms with van der Waals surface area (Å²) in [5, 5.41) is 23.3. The van der Waals surface area contributed by atoms with E-state index >= 15 is 0 Å². The van der Waals surface area contributed by atoms with Crippen LogP contribution in [0.5, 0.6) is 0 Å². The zero-order chi connectivity index (χ0) is 51.4. The van der Waals surface area contributed by atoms with Crippen molar-refractivity contribution in [2.45, 2.75) is 366 Å². The summed E-state index contributed by atoms with van der Waals surface area (Å²) < 4.78 is 5.48. The number of nitrogens with one attached hydrogen (secondary N) is 1. The van der Waals surface area contributed by atoms with Gasteiger partial charge in [0.2, 0.25) is 5.91 Å². The molecule has 0 rings (SSSR count). The fourth-order valence-corrected chi connectivity index (χ4v) is 10.0. The van der Waals surface area contributed by atoms with Gasteiger partial charge >= 0.3 is 5.97 Å². The number of carbonyl (C=O) groups is 2. The molecule has 0 aromatic carbocycles. The minimum absolute atomic E-state index is 0.00531. The minimum atomic E-state index is -0.666. The van der Waals surface area contributed by atoms with E-state index in [9.17, 15) is 19.8 Å². The number of esters is 1. The monoisotopic (exact) mass is 1000 g/mol. The summed E-state index contributed by atoms with van der Waals surface area (Å²) in [5.74, 6) is -0.0307. The van der Waals surface area contributed by atoms with Gasteiger partial charge in [0, 0.05) is 12.8 Å². The van der Waals surface area contributed by atoms with Crippen molar-refractivity contribution < 1.29 is 24.5 Å². The summed E-state index contributed by atoms with van der Waals surface area (Å²) in [5.41, 5.74) is 0. The highest BCUT2D eigenvalue weighted by Crippen LogP contribution is 2.18. The Bertz CT molecular complexity index is 1110. The fourth-order valence-electron chi connectivity index (χ4n) is 10.0. The minimum Gasteiger partial charge on any atom is -0.466 e. The molecule has 2 unspecified atom stereocenters. The first-order valence-electron chi connectivity index (χ1n) is 32.1. The molecule has 0 radical (unpaired) electrons. The van der Waals surface area contributed by atoms with E-state index in [1.54, 1.807) is 0 Å². The Labute approximate surface area is 443 Å². The molecule has 0 spiro atoms. The van der Waals surface area contributed by atoms with Crippen LogP contribution in [0.2, 0.25) is 0 Å². The predicted molar refractivity (Wildman–Crippen MR) is 310 cm³/mol. The molecule has 0 bridgehead atoms. The van der Waals surface area contributed by atoms with Crippen molar-refractivity contribution in [1.29, 1.82) is 0 Å². The number of rotatable bonds is 60. The molecular weight excluding hydrogens is 875 g/mol. The number of carbonyl (C=O) groups excluding carboxylic acids is 2. The van der Waals surface area contributed by atoms with Gasteiger partial charge in [-0.3, -0.25) is 9.59 Å². The third-order valence-corrected chi connectivity index (χ3v) is 15.0. The first-order chi connectivity index (χ1) is 35.0. The first kappa shape index (κ1) is 69.3. The summed E-state index contributed by atoms with van der Waals surface area (Å²) in [7, 11) is 0. The summed E-state index contributed by atoms with van der Waals surface area (Å²) in [6, 6.07) is -0.543. The number of aliphatic hydroxyl groups excluding tert-OH is 2. The third kappa shape index (κ3) is 57.5.